The van der Waals surface area contributed by atoms with Crippen molar-refractivity contribution in [1.29, 1.82) is 0 Å². The summed E-state index contributed by atoms with van der Waals surface area (Å²) in [6.45, 7) is 21.1. The van der Waals surface area contributed by atoms with Crippen LogP contribution in [0.2, 0.25) is 0 Å². The highest BCUT2D eigenvalue weighted by molar-refractivity contribution is 6.72. The normalized spacial score (nSPS) is 17.4. The molecule has 1 aliphatic rings. The molecule has 0 aliphatic carbocycles. The van der Waals surface area contributed by atoms with Gasteiger partial charge < -0.3 is 14.1 Å². The Morgan fingerprint density at radius 1 is 0.815 bits per heavy atom. The fraction of sp³-hybridized carbons (Fsp3) is 0.636. The molecule has 1 aliphatic heterocycles. The molecule has 0 unspecified atom stereocenters. The molecule has 0 bridgehead atoms. The van der Waals surface area contributed by atoms with Crippen LogP contribution in [0.15, 0.2) is 30.6 Å². The van der Waals surface area contributed by atoms with Crippen LogP contribution in [0, 0.1) is 0 Å². The Labute approximate surface area is 167 Å². The summed E-state index contributed by atoms with van der Waals surface area (Å²) in [5.74, 6) is 0.647. The van der Waals surface area contributed by atoms with Crippen molar-refractivity contribution >= 4 is 14.6 Å². The number of halogens is 1. The maximum atomic E-state index is 17.0. The van der Waals surface area contributed by atoms with Crippen molar-refractivity contribution < 1.29 is 4.11 Å². The standard InChI is InChI=1S/C22H38FN3Si/c1-16(2)18-12-11-13-19(17(3)4)20(18)24-27(23)25(21(5,6)7)14-15-26(27)22(8,9)10/h11-17,24H,1-10H3. The topological polar surface area (TPSA) is 18.5 Å². The van der Waals surface area contributed by atoms with Gasteiger partial charge in [-0.1, -0.05) is 45.9 Å². The number of para-hydroxylation sites is 1. The zero-order valence-electron chi connectivity index (χ0n) is 18.8. The van der Waals surface area contributed by atoms with Crippen LogP contribution >= 0.6 is 0 Å². The van der Waals surface area contributed by atoms with Gasteiger partial charge in [0, 0.05) is 29.2 Å². The van der Waals surface area contributed by atoms with E-state index in [4.69, 9.17) is 0 Å². The van der Waals surface area contributed by atoms with Crippen LogP contribution in [0.1, 0.15) is 92.2 Å². The van der Waals surface area contributed by atoms with Crippen molar-refractivity contribution in [3.63, 3.8) is 0 Å². The van der Waals surface area contributed by atoms with Gasteiger partial charge in [-0.05, 0) is 64.5 Å². The number of anilines is 1. The Bertz CT molecular complexity index is 648. The van der Waals surface area contributed by atoms with Crippen LogP contribution in [-0.2, 0) is 0 Å². The third-order valence-electron chi connectivity index (χ3n) is 5.11. The van der Waals surface area contributed by atoms with E-state index in [9.17, 15) is 0 Å². The zero-order chi connectivity index (χ0) is 20.8. The lowest BCUT2D eigenvalue weighted by Crippen LogP contribution is -2.69. The van der Waals surface area contributed by atoms with Gasteiger partial charge in [-0.3, -0.25) is 0 Å². The van der Waals surface area contributed by atoms with E-state index in [-0.39, 0.29) is 11.1 Å². The summed E-state index contributed by atoms with van der Waals surface area (Å²) < 4.78 is 20.9. The van der Waals surface area contributed by atoms with Gasteiger partial charge in [-0.25, -0.2) is 4.11 Å². The smallest absolute Gasteiger partial charge is 0.351 e. The minimum Gasteiger partial charge on any atom is -0.351 e. The van der Waals surface area contributed by atoms with Gasteiger partial charge in [0.2, 0.25) is 0 Å². The molecule has 0 aromatic heterocycles. The fourth-order valence-corrected chi connectivity index (χ4v) is 7.14. The summed E-state index contributed by atoms with van der Waals surface area (Å²) in [5.41, 5.74) is 2.72. The summed E-state index contributed by atoms with van der Waals surface area (Å²) in [5, 5.41) is 0. The quantitative estimate of drug-likeness (QED) is 0.471. The summed E-state index contributed by atoms with van der Waals surface area (Å²) in [6, 6.07) is 6.35. The monoisotopic (exact) mass is 391 g/mol. The zero-order valence-corrected chi connectivity index (χ0v) is 19.8. The van der Waals surface area contributed by atoms with Crippen LogP contribution in [0.3, 0.4) is 0 Å². The number of hydrogen-bond acceptors (Lipinski definition) is 3. The second-order valence-electron chi connectivity index (χ2n) is 10.2. The van der Waals surface area contributed by atoms with Crippen LogP contribution in [0.4, 0.5) is 9.80 Å². The predicted molar refractivity (Wildman–Crippen MR) is 117 cm³/mol. The van der Waals surface area contributed by atoms with E-state index in [1.807, 2.05) is 21.5 Å². The lowest BCUT2D eigenvalue weighted by atomic mass is 9.93. The van der Waals surface area contributed by atoms with Crippen molar-refractivity contribution in [3.05, 3.63) is 41.7 Å². The van der Waals surface area contributed by atoms with E-state index < -0.39 is 8.89 Å². The highest BCUT2D eigenvalue weighted by Crippen LogP contribution is 2.40. The minimum atomic E-state index is -3.71. The number of rotatable bonds is 4. The summed E-state index contributed by atoms with van der Waals surface area (Å²) in [7, 11) is -3.71. The molecular formula is C22H38FN3Si. The maximum absolute atomic E-state index is 17.0. The Balaban J connectivity index is 2.64. The molecule has 0 fully saturated rings. The first-order valence-electron chi connectivity index (χ1n) is 10.1. The molecule has 0 radical (unpaired) electrons. The molecule has 152 valence electrons. The van der Waals surface area contributed by atoms with Gasteiger partial charge in [0.05, 0.1) is 0 Å². The Morgan fingerprint density at radius 2 is 1.19 bits per heavy atom. The molecule has 2 rings (SSSR count). The largest absolute Gasteiger partial charge is 0.581 e. The van der Waals surface area contributed by atoms with E-state index in [0.717, 1.165) is 5.69 Å². The molecule has 3 nitrogen and oxygen atoms in total. The number of nitrogens with one attached hydrogen (secondary N) is 1. The van der Waals surface area contributed by atoms with E-state index in [2.05, 4.69) is 92.4 Å². The van der Waals surface area contributed by atoms with Gasteiger partial charge in [0.15, 0.2) is 0 Å². The molecule has 0 atom stereocenters. The average molecular weight is 392 g/mol. The highest BCUT2D eigenvalue weighted by atomic mass is 28.4. The fourth-order valence-electron chi connectivity index (χ4n) is 3.76. The van der Waals surface area contributed by atoms with Crippen molar-refractivity contribution in [3.8, 4) is 0 Å². The van der Waals surface area contributed by atoms with Gasteiger partial charge in [0.1, 0.15) is 0 Å². The SMILES string of the molecule is CC(C)c1cccc(C(C)C)c1N[Si]1(F)N(C(C)(C)C)C=CN1C(C)(C)C. The van der Waals surface area contributed by atoms with Crippen molar-refractivity contribution in [2.24, 2.45) is 0 Å². The molecule has 0 spiro atoms. The molecule has 1 aromatic carbocycles. The molecule has 0 saturated carbocycles. The van der Waals surface area contributed by atoms with Crippen molar-refractivity contribution in [2.45, 2.75) is 92.2 Å². The van der Waals surface area contributed by atoms with E-state index in [0.29, 0.717) is 11.8 Å². The summed E-state index contributed by atoms with van der Waals surface area (Å²) >= 11 is 0. The van der Waals surface area contributed by atoms with Crippen LogP contribution < -0.4 is 4.98 Å². The second kappa shape index (κ2) is 7.15. The first-order chi connectivity index (χ1) is 12.2. The van der Waals surface area contributed by atoms with Crippen LogP contribution in [0.25, 0.3) is 0 Å². The van der Waals surface area contributed by atoms with Gasteiger partial charge >= 0.3 is 8.89 Å². The first-order valence-corrected chi connectivity index (χ1v) is 11.8. The number of benzene rings is 1. The lowest BCUT2D eigenvalue weighted by molar-refractivity contribution is 0.236. The number of nitrogens with zero attached hydrogens (tertiary/aromatic N) is 2. The molecule has 1 heterocycles. The van der Waals surface area contributed by atoms with Crippen LogP contribution in [0.5, 0.6) is 0 Å². The third-order valence-corrected chi connectivity index (χ3v) is 8.59. The average Bonchev–Trinajstić information content (AvgIpc) is 2.84. The van der Waals surface area contributed by atoms with Crippen molar-refractivity contribution in [2.75, 3.05) is 4.98 Å². The molecule has 1 N–H and O–H groups in total. The third kappa shape index (κ3) is 4.18. The van der Waals surface area contributed by atoms with Crippen molar-refractivity contribution in [1.82, 2.24) is 9.13 Å². The van der Waals surface area contributed by atoms with E-state index >= 15 is 4.11 Å². The van der Waals surface area contributed by atoms with Crippen LogP contribution in [-0.4, -0.2) is 29.1 Å². The highest BCUT2D eigenvalue weighted by Gasteiger charge is 2.58. The predicted octanol–water partition coefficient (Wildman–Crippen LogP) is 6.44. The molecule has 5 heteroatoms. The molecule has 0 amide bonds. The number of hydrogen-bond donors (Lipinski definition) is 1. The van der Waals surface area contributed by atoms with E-state index in [1.165, 1.54) is 11.1 Å². The maximum Gasteiger partial charge on any atom is 0.581 e. The Morgan fingerprint density at radius 3 is 1.48 bits per heavy atom. The molecular weight excluding hydrogens is 353 g/mol. The Kier molecular flexibility index (Phi) is 5.78. The summed E-state index contributed by atoms with van der Waals surface area (Å²) in [4.78, 5) is 3.49. The van der Waals surface area contributed by atoms with Gasteiger partial charge in [-0.15, -0.1) is 0 Å². The van der Waals surface area contributed by atoms with Gasteiger partial charge in [0.25, 0.3) is 0 Å². The lowest BCUT2D eigenvalue weighted by Gasteiger charge is -2.47. The first kappa shape index (κ1) is 21.8. The van der Waals surface area contributed by atoms with Gasteiger partial charge in [-0.2, -0.15) is 0 Å². The summed E-state index contributed by atoms with van der Waals surface area (Å²) in [6.07, 6.45) is 3.86. The minimum absolute atomic E-state index is 0.310. The molecule has 27 heavy (non-hydrogen) atoms. The molecule has 1 aromatic rings. The van der Waals surface area contributed by atoms with E-state index in [1.54, 1.807) is 0 Å². The Hall–Kier alpha value is -1.49. The second-order valence-corrected chi connectivity index (χ2v) is 12.6. The molecule has 0 saturated heterocycles.